The molecule has 0 saturated carbocycles. The first kappa shape index (κ1) is 17.2. The number of rotatable bonds is 6. The van der Waals surface area contributed by atoms with Crippen LogP contribution in [0.1, 0.15) is 31.7 Å². The lowest BCUT2D eigenvalue weighted by Gasteiger charge is -2.33. The molecule has 1 atom stereocenters. The lowest BCUT2D eigenvalue weighted by Crippen LogP contribution is -2.48. The Labute approximate surface area is 148 Å². The smallest absolute Gasteiger partial charge is 0.234 e. The van der Waals surface area contributed by atoms with Crippen LogP contribution >= 0.6 is 0 Å². The molecule has 25 heavy (non-hydrogen) atoms. The number of carbonyl (C=O) groups is 1. The maximum atomic E-state index is 11.6. The number of benzene rings is 1. The topological polar surface area (TPSA) is 67.4 Å². The second-order valence-corrected chi connectivity index (χ2v) is 6.20. The van der Waals surface area contributed by atoms with E-state index >= 15 is 0 Å². The van der Waals surface area contributed by atoms with Crippen molar-refractivity contribution in [3.8, 4) is 5.88 Å². The van der Waals surface area contributed by atoms with Crippen molar-refractivity contribution < 1.29 is 9.53 Å². The fourth-order valence-corrected chi connectivity index (χ4v) is 2.92. The Kier molecular flexibility index (Phi) is 5.82. The second kappa shape index (κ2) is 8.46. The van der Waals surface area contributed by atoms with E-state index in [1.54, 1.807) is 12.4 Å². The Morgan fingerprint density at radius 1 is 1.32 bits per heavy atom. The van der Waals surface area contributed by atoms with Crippen molar-refractivity contribution in [2.45, 2.75) is 38.8 Å². The van der Waals surface area contributed by atoms with Crippen molar-refractivity contribution in [1.29, 1.82) is 0 Å². The van der Waals surface area contributed by atoms with E-state index in [9.17, 15) is 4.79 Å². The zero-order valence-electron chi connectivity index (χ0n) is 14.5. The molecular weight excluding hydrogens is 316 g/mol. The average molecular weight is 340 g/mol. The van der Waals surface area contributed by atoms with Gasteiger partial charge in [0.25, 0.3) is 0 Å². The number of ether oxygens (including phenoxy) is 1. The predicted octanol–water partition coefficient (Wildman–Crippen LogP) is 2.55. The zero-order chi connectivity index (χ0) is 17.5. The lowest BCUT2D eigenvalue weighted by atomic mass is 10.1. The highest BCUT2D eigenvalue weighted by Crippen LogP contribution is 2.20. The number of piperidine rings is 1. The van der Waals surface area contributed by atoms with Crippen molar-refractivity contribution in [2.24, 2.45) is 0 Å². The highest BCUT2D eigenvalue weighted by molar-refractivity contribution is 5.75. The molecule has 0 spiro atoms. The van der Waals surface area contributed by atoms with Gasteiger partial charge in [0, 0.05) is 25.6 Å². The normalized spacial score (nSPS) is 17.2. The molecule has 1 aromatic carbocycles. The minimum Gasteiger partial charge on any atom is -0.472 e. The first-order valence-electron chi connectivity index (χ1n) is 8.77. The summed E-state index contributed by atoms with van der Waals surface area (Å²) in [6.45, 7) is 4.00. The van der Waals surface area contributed by atoms with Crippen LogP contribution in [0.3, 0.4) is 0 Å². The summed E-state index contributed by atoms with van der Waals surface area (Å²) < 4.78 is 5.76. The quantitative estimate of drug-likeness (QED) is 0.875. The molecule has 0 unspecified atom stereocenters. The molecule has 2 aromatic rings. The number of aromatic nitrogens is 2. The predicted molar refractivity (Wildman–Crippen MR) is 96.5 cm³/mol. The highest BCUT2D eigenvalue weighted by Gasteiger charge is 2.22. The Bertz CT molecular complexity index is 693. The second-order valence-electron chi connectivity index (χ2n) is 6.20. The largest absolute Gasteiger partial charge is 0.472 e. The number of nitrogens with one attached hydrogen (secondary N) is 1. The van der Waals surface area contributed by atoms with E-state index in [2.05, 4.69) is 20.2 Å². The van der Waals surface area contributed by atoms with Gasteiger partial charge < -0.3 is 15.0 Å². The molecule has 1 aliphatic heterocycles. The first-order valence-corrected chi connectivity index (χ1v) is 8.77. The van der Waals surface area contributed by atoms with Gasteiger partial charge in [0.05, 0.1) is 12.4 Å². The molecule has 1 N–H and O–H groups in total. The van der Waals surface area contributed by atoms with Crippen molar-refractivity contribution in [3.63, 3.8) is 0 Å². The monoisotopic (exact) mass is 340 g/mol. The SMILES string of the molecule is CCC(=O)N[C@@H]1CCCN(c2cncc(OCc3ccccc3)n2)C1. The van der Waals surface area contributed by atoms with Gasteiger partial charge >= 0.3 is 0 Å². The van der Waals surface area contributed by atoms with Crippen LogP contribution in [0.4, 0.5) is 5.82 Å². The van der Waals surface area contributed by atoms with E-state index in [0.29, 0.717) is 18.9 Å². The van der Waals surface area contributed by atoms with E-state index in [1.807, 2.05) is 37.3 Å². The van der Waals surface area contributed by atoms with Gasteiger partial charge in [-0.1, -0.05) is 37.3 Å². The fraction of sp³-hybridized carbons (Fsp3) is 0.421. The van der Waals surface area contributed by atoms with Gasteiger partial charge in [-0.2, -0.15) is 4.98 Å². The molecule has 0 radical (unpaired) electrons. The summed E-state index contributed by atoms with van der Waals surface area (Å²) >= 11 is 0. The van der Waals surface area contributed by atoms with Gasteiger partial charge in [0.15, 0.2) is 5.82 Å². The molecule has 1 amide bonds. The molecule has 0 bridgehead atoms. The van der Waals surface area contributed by atoms with Gasteiger partial charge in [-0.25, -0.2) is 0 Å². The molecule has 6 nitrogen and oxygen atoms in total. The number of amides is 1. The van der Waals surface area contributed by atoms with Crippen LogP contribution in [0.25, 0.3) is 0 Å². The summed E-state index contributed by atoms with van der Waals surface area (Å²) in [5, 5.41) is 3.07. The Balaban J connectivity index is 1.61. The first-order chi connectivity index (χ1) is 12.2. The van der Waals surface area contributed by atoms with Crippen LogP contribution in [0, 0.1) is 0 Å². The van der Waals surface area contributed by atoms with Crippen molar-refractivity contribution in [2.75, 3.05) is 18.0 Å². The maximum Gasteiger partial charge on any atom is 0.234 e. The van der Waals surface area contributed by atoms with Gasteiger partial charge in [0.2, 0.25) is 11.8 Å². The molecule has 6 heteroatoms. The van der Waals surface area contributed by atoms with Crippen LogP contribution in [0.5, 0.6) is 5.88 Å². The summed E-state index contributed by atoms with van der Waals surface area (Å²) in [5.74, 6) is 1.40. The molecule has 3 rings (SSSR count). The van der Waals surface area contributed by atoms with E-state index in [1.165, 1.54) is 0 Å². The standard InChI is InChI=1S/C19H24N4O2/c1-2-18(24)21-16-9-6-10-23(13-16)17-11-20-12-19(22-17)25-14-15-7-4-3-5-8-15/h3-5,7-8,11-12,16H,2,6,9-10,13-14H2,1H3,(H,21,24)/t16-/m1/s1. The minimum atomic E-state index is 0.0953. The van der Waals surface area contributed by atoms with Crippen molar-refractivity contribution in [3.05, 3.63) is 48.3 Å². The number of hydrogen-bond donors (Lipinski definition) is 1. The molecule has 1 aliphatic rings. The zero-order valence-corrected chi connectivity index (χ0v) is 14.5. The number of nitrogens with zero attached hydrogens (tertiary/aromatic N) is 3. The Morgan fingerprint density at radius 2 is 2.16 bits per heavy atom. The summed E-state index contributed by atoms with van der Waals surface area (Å²) in [6, 6.07) is 10.1. The third kappa shape index (κ3) is 4.92. The van der Waals surface area contributed by atoms with Crippen LogP contribution in [0.2, 0.25) is 0 Å². The summed E-state index contributed by atoms with van der Waals surface area (Å²) in [7, 11) is 0. The Hall–Kier alpha value is -2.63. The molecule has 1 fully saturated rings. The van der Waals surface area contributed by atoms with Crippen LogP contribution in [0.15, 0.2) is 42.7 Å². The van der Waals surface area contributed by atoms with Gasteiger partial charge in [-0.3, -0.25) is 9.78 Å². The van der Waals surface area contributed by atoms with Crippen molar-refractivity contribution >= 4 is 11.7 Å². The highest BCUT2D eigenvalue weighted by atomic mass is 16.5. The summed E-state index contributed by atoms with van der Waals surface area (Å²) in [6.07, 6.45) is 5.91. The number of hydrogen-bond acceptors (Lipinski definition) is 5. The molecule has 2 heterocycles. The average Bonchev–Trinajstić information content (AvgIpc) is 2.67. The van der Waals surface area contributed by atoms with Gasteiger partial charge in [0.1, 0.15) is 6.61 Å². The van der Waals surface area contributed by atoms with E-state index in [-0.39, 0.29) is 11.9 Å². The molecule has 1 saturated heterocycles. The van der Waals surface area contributed by atoms with Crippen LogP contribution in [-0.2, 0) is 11.4 Å². The number of anilines is 1. The molecule has 1 aromatic heterocycles. The number of carbonyl (C=O) groups excluding carboxylic acids is 1. The van der Waals surface area contributed by atoms with Gasteiger partial charge in [-0.15, -0.1) is 0 Å². The van der Waals surface area contributed by atoms with E-state index in [0.717, 1.165) is 37.3 Å². The molecular formula is C19H24N4O2. The van der Waals surface area contributed by atoms with Crippen molar-refractivity contribution in [1.82, 2.24) is 15.3 Å². The minimum absolute atomic E-state index is 0.0953. The summed E-state index contributed by atoms with van der Waals surface area (Å²) in [4.78, 5) is 22.6. The molecule has 132 valence electrons. The van der Waals surface area contributed by atoms with Crippen LogP contribution in [-0.4, -0.2) is 35.0 Å². The van der Waals surface area contributed by atoms with E-state index in [4.69, 9.17) is 4.74 Å². The third-order valence-corrected chi connectivity index (χ3v) is 4.26. The lowest BCUT2D eigenvalue weighted by molar-refractivity contribution is -0.121. The summed E-state index contributed by atoms with van der Waals surface area (Å²) in [5.41, 5.74) is 1.09. The van der Waals surface area contributed by atoms with E-state index < -0.39 is 0 Å². The Morgan fingerprint density at radius 3 is 2.96 bits per heavy atom. The van der Waals surface area contributed by atoms with Gasteiger partial charge in [-0.05, 0) is 18.4 Å². The third-order valence-electron chi connectivity index (χ3n) is 4.26. The fourth-order valence-electron chi connectivity index (χ4n) is 2.92. The maximum absolute atomic E-state index is 11.6. The van der Waals surface area contributed by atoms with Crippen LogP contribution < -0.4 is 15.0 Å². The molecule has 0 aliphatic carbocycles.